The molecule has 0 fully saturated rings. The Labute approximate surface area is 153 Å². The minimum absolute atomic E-state index is 0.213. The number of nitrogens with one attached hydrogen (secondary N) is 1. The van der Waals surface area contributed by atoms with Crippen LogP contribution in [0.1, 0.15) is 15.9 Å². The van der Waals surface area contributed by atoms with Crippen molar-refractivity contribution < 1.29 is 4.79 Å². The molecule has 0 atom stereocenters. The normalized spacial score (nSPS) is 10.9. The molecule has 3 aromatic rings. The van der Waals surface area contributed by atoms with Gasteiger partial charge in [0.2, 0.25) is 0 Å². The second-order valence-electron chi connectivity index (χ2n) is 5.87. The van der Waals surface area contributed by atoms with Gasteiger partial charge in [-0.1, -0.05) is 12.1 Å². The summed E-state index contributed by atoms with van der Waals surface area (Å²) in [5.74, 6) is -0.318. The molecule has 0 aliphatic carbocycles. The maximum absolute atomic E-state index is 12.8. The number of anilines is 1. The lowest BCUT2D eigenvalue weighted by atomic mass is 10.1. The number of carbonyl (C=O) groups is 1. The Morgan fingerprint density at radius 3 is 2.54 bits per heavy atom. The molecule has 1 amide bonds. The van der Waals surface area contributed by atoms with Gasteiger partial charge in [0.25, 0.3) is 11.5 Å². The minimum atomic E-state index is -0.493. The number of aryl methyl sites for hydroxylation is 2. The van der Waals surface area contributed by atoms with E-state index in [0.717, 1.165) is 9.46 Å². The van der Waals surface area contributed by atoms with E-state index in [1.54, 1.807) is 26.1 Å². The molecule has 2 aromatic heterocycles. The van der Waals surface area contributed by atoms with Gasteiger partial charge in [0.1, 0.15) is 5.39 Å². The van der Waals surface area contributed by atoms with Crippen LogP contribution in [0.3, 0.4) is 0 Å². The van der Waals surface area contributed by atoms with E-state index in [4.69, 9.17) is 0 Å². The molecule has 26 heavy (non-hydrogen) atoms. The molecule has 1 aromatic carbocycles. The third-order valence-corrected chi connectivity index (χ3v) is 5.04. The van der Waals surface area contributed by atoms with Crippen molar-refractivity contribution >= 4 is 34.4 Å². The fraction of sp³-hybridized carbons (Fsp3) is 0.222. The van der Waals surface area contributed by atoms with Gasteiger partial charge >= 0.3 is 5.69 Å². The fourth-order valence-corrected chi connectivity index (χ4v) is 3.39. The minimum Gasteiger partial charge on any atom is -0.321 e. The van der Waals surface area contributed by atoms with Crippen LogP contribution in [0, 0.1) is 6.92 Å². The number of aromatic nitrogens is 3. The summed E-state index contributed by atoms with van der Waals surface area (Å²) in [6.45, 7) is 1.76. The summed E-state index contributed by atoms with van der Waals surface area (Å²) in [5, 5.41) is 3.05. The smallest absolute Gasteiger partial charge is 0.321 e. The van der Waals surface area contributed by atoms with Crippen LogP contribution in [0.4, 0.5) is 5.69 Å². The van der Waals surface area contributed by atoms with Crippen molar-refractivity contribution in [3.63, 3.8) is 0 Å². The first-order valence-corrected chi connectivity index (χ1v) is 9.09. The van der Waals surface area contributed by atoms with Gasteiger partial charge in [-0.05, 0) is 30.9 Å². The van der Waals surface area contributed by atoms with E-state index >= 15 is 0 Å². The van der Waals surface area contributed by atoms with E-state index in [1.807, 2.05) is 18.4 Å². The van der Waals surface area contributed by atoms with Crippen molar-refractivity contribution in [3.8, 4) is 0 Å². The third-order valence-electron chi connectivity index (χ3n) is 4.25. The summed E-state index contributed by atoms with van der Waals surface area (Å²) in [6, 6.07) is 7.24. The van der Waals surface area contributed by atoms with E-state index in [-0.39, 0.29) is 16.9 Å². The number of hydrogen-bond acceptors (Lipinski definition) is 5. The Bertz CT molecular complexity index is 1150. The highest BCUT2D eigenvalue weighted by atomic mass is 32.2. The number of carbonyl (C=O) groups excluding carboxylic acids is 1. The summed E-state index contributed by atoms with van der Waals surface area (Å²) < 4.78 is 2.30. The largest absolute Gasteiger partial charge is 0.332 e. The summed E-state index contributed by atoms with van der Waals surface area (Å²) in [6.07, 6.45) is 3.43. The summed E-state index contributed by atoms with van der Waals surface area (Å²) in [5.41, 5.74) is 0.801. The van der Waals surface area contributed by atoms with Crippen LogP contribution >= 0.6 is 11.8 Å². The average molecular weight is 370 g/mol. The second kappa shape index (κ2) is 6.80. The van der Waals surface area contributed by atoms with Crippen LogP contribution in [-0.2, 0) is 14.1 Å². The summed E-state index contributed by atoms with van der Waals surface area (Å²) >= 11 is 1.47. The second-order valence-corrected chi connectivity index (χ2v) is 6.72. The molecule has 8 heteroatoms. The molecule has 1 N–H and O–H groups in total. The lowest BCUT2D eigenvalue weighted by Gasteiger charge is -2.14. The number of pyridine rings is 1. The Hall–Kier alpha value is -2.87. The van der Waals surface area contributed by atoms with E-state index in [1.165, 1.54) is 29.6 Å². The molecule has 3 rings (SSSR count). The highest BCUT2D eigenvalue weighted by Crippen LogP contribution is 2.25. The molecule has 0 unspecified atom stereocenters. The zero-order chi connectivity index (χ0) is 19.0. The number of benzene rings is 1. The number of amides is 1. The predicted octanol–water partition coefficient (Wildman–Crippen LogP) is 1.91. The zero-order valence-electron chi connectivity index (χ0n) is 14.9. The molecule has 0 aliphatic heterocycles. The molecule has 134 valence electrons. The van der Waals surface area contributed by atoms with Gasteiger partial charge in [-0.2, -0.15) is 0 Å². The molecular weight excluding hydrogens is 352 g/mol. The summed E-state index contributed by atoms with van der Waals surface area (Å²) in [7, 11) is 2.95. The van der Waals surface area contributed by atoms with Gasteiger partial charge in [-0.3, -0.25) is 18.7 Å². The zero-order valence-corrected chi connectivity index (χ0v) is 15.7. The number of rotatable bonds is 3. The molecule has 0 spiro atoms. The fourth-order valence-electron chi connectivity index (χ4n) is 2.80. The monoisotopic (exact) mass is 370 g/mol. The van der Waals surface area contributed by atoms with Crippen molar-refractivity contribution in [2.45, 2.75) is 11.8 Å². The first kappa shape index (κ1) is 17.9. The van der Waals surface area contributed by atoms with E-state index in [9.17, 15) is 14.4 Å². The predicted molar refractivity (Wildman–Crippen MR) is 103 cm³/mol. The van der Waals surface area contributed by atoms with Gasteiger partial charge < -0.3 is 5.32 Å². The topological polar surface area (TPSA) is 86.0 Å². The molecule has 2 heterocycles. The SMILES string of the molecule is CSc1ccccc1C(=O)Nc1c(C)cnc2c1c(=O)n(C)c(=O)n2C. The van der Waals surface area contributed by atoms with Crippen LogP contribution in [-0.4, -0.2) is 26.3 Å². The summed E-state index contributed by atoms with van der Waals surface area (Å²) in [4.78, 5) is 42.7. The average Bonchev–Trinajstić information content (AvgIpc) is 2.65. The van der Waals surface area contributed by atoms with Crippen molar-refractivity contribution in [1.29, 1.82) is 0 Å². The van der Waals surface area contributed by atoms with Crippen LogP contribution in [0.5, 0.6) is 0 Å². The van der Waals surface area contributed by atoms with Crippen molar-refractivity contribution in [1.82, 2.24) is 14.1 Å². The van der Waals surface area contributed by atoms with Crippen molar-refractivity contribution in [2.24, 2.45) is 14.1 Å². The van der Waals surface area contributed by atoms with E-state index in [2.05, 4.69) is 10.3 Å². The van der Waals surface area contributed by atoms with Crippen LogP contribution in [0.2, 0.25) is 0 Å². The number of fused-ring (bicyclic) bond motifs is 1. The Morgan fingerprint density at radius 1 is 1.15 bits per heavy atom. The van der Waals surface area contributed by atoms with Gasteiger partial charge in [0.05, 0.1) is 11.3 Å². The Balaban J connectivity index is 2.23. The van der Waals surface area contributed by atoms with E-state index < -0.39 is 11.2 Å². The number of nitrogens with zero attached hydrogens (tertiary/aromatic N) is 3. The lowest BCUT2D eigenvalue weighted by Crippen LogP contribution is -2.37. The van der Waals surface area contributed by atoms with Gasteiger partial charge in [0.15, 0.2) is 5.65 Å². The highest BCUT2D eigenvalue weighted by molar-refractivity contribution is 7.98. The first-order chi connectivity index (χ1) is 12.4. The van der Waals surface area contributed by atoms with Crippen LogP contribution in [0.25, 0.3) is 11.0 Å². The van der Waals surface area contributed by atoms with Crippen molar-refractivity contribution in [3.05, 3.63) is 62.4 Å². The maximum Gasteiger partial charge on any atom is 0.332 e. The standard InChI is InChI=1S/C18H18N4O3S/c1-10-9-19-15-13(17(24)22(3)18(25)21(15)2)14(10)20-16(23)11-7-5-6-8-12(11)26-4/h5-9H,1-4H3,(H,19,20,23). The Morgan fingerprint density at radius 2 is 1.85 bits per heavy atom. The molecule has 0 saturated heterocycles. The van der Waals surface area contributed by atoms with Crippen LogP contribution in [0.15, 0.2) is 44.9 Å². The lowest BCUT2D eigenvalue weighted by molar-refractivity contribution is 0.102. The molecule has 0 aliphatic rings. The first-order valence-electron chi connectivity index (χ1n) is 7.86. The van der Waals surface area contributed by atoms with Crippen LogP contribution < -0.4 is 16.6 Å². The van der Waals surface area contributed by atoms with Gasteiger partial charge in [0, 0.05) is 25.2 Å². The molecule has 0 saturated carbocycles. The molecule has 0 bridgehead atoms. The molecule has 0 radical (unpaired) electrons. The third kappa shape index (κ3) is 2.82. The maximum atomic E-state index is 12.8. The van der Waals surface area contributed by atoms with Gasteiger partial charge in [-0.25, -0.2) is 9.78 Å². The quantitative estimate of drug-likeness (QED) is 0.712. The number of hydrogen-bond donors (Lipinski definition) is 1. The molecule has 7 nitrogen and oxygen atoms in total. The van der Waals surface area contributed by atoms with Gasteiger partial charge in [-0.15, -0.1) is 11.8 Å². The highest BCUT2D eigenvalue weighted by Gasteiger charge is 2.19. The Kier molecular flexibility index (Phi) is 4.69. The number of thioether (sulfide) groups is 1. The molecular formula is C18H18N4O3S. The van der Waals surface area contributed by atoms with Crippen molar-refractivity contribution in [2.75, 3.05) is 11.6 Å². The van der Waals surface area contributed by atoms with E-state index in [0.29, 0.717) is 16.8 Å².